The van der Waals surface area contributed by atoms with Crippen molar-refractivity contribution in [3.8, 4) is 22.4 Å². The molecule has 2 unspecified atom stereocenters. The topological polar surface area (TPSA) is 163 Å². The minimum Gasteiger partial charge on any atom is -0.393 e. The Labute approximate surface area is 437 Å². The molecule has 2 fully saturated rings. The Morgan fingerprint density at radius 2 is 1.55 bits per heavy atom. The van der Waals surface area contributed by atoms with Crippen LogP contribution in [0.1, 0.15) is 51.8 Å². The van der Waals surface area contributed by atoms with E-state index in [2.05, 4.69) is 25.1 Å². The number of nitro groups is 1. The van der Waals surface area contributed by atoms with Crippen molar-refractivity contribution in [1.82, 2.24) is 9.47 Å². The molecule has 0 radical (unpaired) electrons. The molecule has 3 heterocycles. The molecule has 14 nitrogen and oxygen atoms in total. The van der Waals surface area contributed by atoms with Gasteiger partial charge in [0.1, 0.15) is 11.5 Å². The number of anilines is 4. The van der Waals surface area contributed by atoms with E-state index in [0.29, 0.717) is 76.5 Å². The highest BCUT2D eigenvalue weighted by atomic mass is 35.5. The summed E-state index contributed by atoms with van der Waals surface area (Å²) in [6.45, 7) is 12.3. The highest BCUT2D eigenvalue weighted by Gasteiger charge is 2.33. The number of thioether (sulfide) groups is 1. The number of hydrogen-bond donors (Lipinski definition) is 3. The molecule has 2 aliphatic rings. The first-order chi connectivity index (χ1) is 34.9. The standard InChI is InChI=1S/C54H64ClFN7O7PS2/c1-6-70-71(67,48-20-21-50(51(35-48)63(65)66)57-44(36-72-49-10-8-7-9-11-49)22-25-59-26-23-47(64)24-27-59)58-43-16-18-45(19-17-43)60-28-30-61(31-29-60)46-33-40(32-42(56)34-46)52-53(39-12-14-41(55)15-13-39)62(37(2)3)38(4)54(52)73(5,68)69/h7-21,32-35,37,44,47,57,64H,6,22-31,36H2,1-5H3,(H,58,67). The average molecular weight is 1070 g/mol. The molecule has 0 saturated carbocycles. The number of halogens is 2. The van der Waals surface area contributed by atoms with E-state index in [0.717, 1.165) is 55.0 Å². The predicted molar refractivity (Wildman–Crippen MR) is 296 cm³/mol. The average Bonchev–Trinajstić information content (AvgIpc) is 3.69. The Hall–Kier alpha value is -5.39. The van der Waals surface area contributed by atoms with Gasteiger partial charge in [-0.1, -0.05) is 41.9 Å². The molecule has 388 valence electrons. The minimum atomic E-state index is -3.87. The Balaban J connectivity index is 0.969. The molecular formula is C54H64ClFN7O7PS2. The number of piperidine rings is 1. The zero-order valence-electron chi connectivity index (χ0n) is 41.8. The Morgan fingerprint density at radius 3 is 2.16 bits per heavy atom. The van der Waals surface area contributed by atoms with Crippen LogP contribution in [0.15, 0.2) is 125 Å². The number of rotatable bonds is 20. The van der Waals surface area contributed by atoms with Gasteiger partial charge in [0.15, 0.2) is 9.84 Å². The lowest BCUT2D eigenvalue weighted by Gasteiger charge is -2.37. The van der Waals surface area contributed by atoms with Crippen LogP contribution in [0.3, 0.4) is 0 Å². The van der Waals surface area contributed by atoms with Gasteiger partial charge in [0, 0.05) is 114 Å². The molecule has 6 aromatic rings. The molecule has 0 aliphatic carbocycles. The first-order valence-electron chi connectivity index (χ1n) is 24.7. The maximum Gasteiger partial charge on any atom is 0.324 e. The molecule has 2 atom stereocenters. The normalized spacial score (nSPS) is 16.1. The van der Waals surface area contributed by atoms with Gasteiger partial charge >= 0.3 is 7.52 Å². The maximum absolute atomic E-state index is 15.8. The van der Waals surface area contributed by atoms with Crippen molar-refractivity contribution in [2.75, 3.05) is 84.6 Å². The summed E-state index contributed by atoms with van der Waals surface area (Å²) in [5, 5.41) is 29.9. The largest absolute Gasteiger partial charge is 0.393 e. The lowest BCUT2D eigenvalue weighted by Crippen LogP contribution is -2.46. The van der Waals surface area contributed by atoms with Gasteiger partial charge in [0.25, 0.3) is 5.69 Å². The Bertz CT molecular complexity index is 3040. The number of aliphatic hydroxyl groups excluding tert-OH is 1. The number of likely N-dealkylation sites (tertiary alicyclic amines) is 1. The van der Waals surface area contributed by atoms with Crippen molar-refractivity contribution < 1.29 is 31.9 Å². The van der Waals surface area contributed by atoms with Crippen molar-refractivity contribution in [2.24, 2.45) is 0 Å². The number of aromatic nitrogens is 1. The maximum atomic E-state index is 15.8. The SMILES string of the molecule is CCOP(=O)(Nc1ccc(N2CCN(c3cc(F)cc(-c4c(S(C)(=O)=O)c(C)n(C(C)C)c4-c4ccc(Cl)cc4)c3)CC2)cc1)c1ccc(NC(CCN2CCC(O)CC2)CSc2ccccc2)c([N+](=O)[O-])c1. The van der Waals surface area contributed by atoms with Gasteiger partial charge in [-0.15, -0.1) is 11.8 Å². The van der Waals surface area contributed by atoms with E-state index in [1.165, 1.54) is 24.5 Å². The fraction of sp³-hybridized carbons (Fsp3) is 0.370. The molecule has 0 bridgehead atoms. The van der Waals surface area contributed by atoms with Crippen LogP contribution < -0.4 is 25.5 Å². The van der Waals surface area contributed by atoms with Gasteiger partial charge in [0.05, 0.1) is 33.5 Å². The summed E-state index contributed by atoms with van der Waals surface area (Å²) in [6.07, 6.45) is 3.09. The summed E-state index contributed by atoms with van der Waals surface area (Å²) in [6, 6.07) is 33.8. The quantitative estimate of drug-likeness (QED) is 0.0287. The van der Waals surface area contributed by atoms with E-state index in [9.17, 15) is 28.2 Å². The van der Waals surface area contributed by atoms with Crippen molar-refractivity contribution in [1.29, 1.82) is 0 Å². The third-order valence-corrected chi connectivity index (χ3v) is 18.3. The second-order valence-corrected chi connectivity index (χ2v) is 24.6. The van der Waals surface area contributed by atoms with Crippen LogP contribution in [-0.4, -0.2) is 104 Å². The van der Waals surface area contributed by atoms with Crippen LogP contribution in [0.2, 0.25) is 5.02 Å². The van der Waals surface area contributed by atoms with Crippen molar-refractivity contribution in [3.05, 3.63) is 142 Å². The molecule has 1 aromatic heterocycles. The number of benzene rings is 5. The number of hydrogen-bond acceptors (Lipinski definition) is 12. The van der Waals surface area contributed by atoms with E-state index in [1.54, 1.807) is 62.0 Å². The molecule has 73 heavy (non-hydrogen) atoms. The molecule has 8 rings (SSSR count). The summed E-state index contributed by atoms with van der Waals surface area (Å²) in [5.41, 5.74) is 5.10. The fourth-order valence-electron chi connectivity index (χ4n) is 9.93. The molecule has 0 spiro atoms. The van der Waals surface area contributed by atoms with Crippen LogP contribution in [0.25, 0.3) is 22.4 Å². The van der Waals surface area contributed by atoms with Gasteiger partial charge in [-0.2, -0.15) is 0 Å². The number of sulfone groups is 1. The summed E-state index contributed by atoms with van der Waals surface area (Å²) in [5.74, 6) is 0.180. The van der Waals surface area contributed by atoms with Crippen LogP contribution in [0.4, 0.5) is 32.8 Å². The molecule has 3 N–H and O–H groups in total. The van der Waals surface area contributed by atoms with Crippen molar-refractivity contribution in [2.45, 2.75) is 74.9 Å². The van der Waals surface area contributed by atoms with E-state index < -0.39 is 28.1 Å². The Morgan fingerprint density at radius 1 is 0.890 bits per heavy atom. The van der Waals surface area contributed by atoms with Crippen molar-refractivity contribution in [3.63, 3.8) is 0 Å². The highest BCUT2D eigenvalue weighted by molar-refractivity contribution is 7.99. The Kier molecular flexibility index (Phi) is 17.3. The summed E-state index contributed by atoms with van der Waals surface area (Å²) in [4.78, 5) is 20.1. The molecular weight excluding hydrogens is 1010 g/mol. The number of nitrogens with zero attached hydrogens (tertiary/aromatic N) is 5. The van der Waals surface area contributed by atoms with E-state index in [-0.39, 0.29) is 40.7 Å². The number of piperazine rings is 1. The lowest BCUT2D eigenvalue weighted by atomic mass is 9.99. The van der Waals surface area contributed by atoms with Crippen LogP contribution >= 0.6 is 30.9 Å². The second-order valence-electron chi connectivity index (χ2n) is 19.0. The first-order valence-corrected chi connectivity index (χ1v) is 29.6. The predicted octanol–water partition coefficient (Wildman–Crippen LogP) is 11.5. The summed E-state index contributed by atoms with van der Waals surface area (Å²) in [7, 11) is -7.63. The third kappa shape index (κ3) is 12.9. The molecule has 5 aromatic carbocycles. The monoisotopic (exact) mass is 1070 g/mol. The van der Waals surface area contributed by atoms with Gasteiger partial charge in [-0.3, -0.25) is 14.7 Å². The molecule has 2 saturated heterocycles. The van der Waals surface area contributed by atoms with Gasteiger partial charge in [0.2, 0.25) is 0 Å². The van der Waals surface area contributed by atoms with Gasteiger partial charge < -0.3 is 39.3 Å². The smallest absolute Gasteiger partial charge is 0.324 e. The van der Waals surface area contributed by atoms with E-state index in [4.69, 9.17) is 16.1 Å². The van der Waals surface area contributed by atoms with E-state index in [1.807, 2.05) is 79.1 Å². The zero-order valence-corrected chi connectivity index (χ0v) is 45.1. The van der Waals surface area contributed by atoms with E-state index >= 15 is 4.39 Å². The van der Waals surface area contributed by atoms with Crippen LogP contribution in [-0.2, 0) is 18.9 Å². The molecule has 0 amide bonds. The molecule has 2 aliphatic heterocycles. The zero-order chi connectivity index (χ0) is 52.0. The summed E-state index contributed by atoms with van der Waals surface area (Å²) < 4.78 is 65.4. The van der Waals surface area contributed by atoms with Crippen LogP contribution in [0.5, 0.6) is 0 Å². The lowest BCUT2D eigenvalue weighted by molar-refractivity contribution is -0.383. The van der Waals surface area contributed by atoms with Gasteiger partial charge in [-0.05, 0) is 137 Å². The number of aliphatic hydroxyl groups is 1. The number of nitro benzene ring substituents is 1. The van der Waals surface area contributed by atoms with Crippen LogP contribution in [0, 0.1) is 22.9 Å². The third-order valence-electron chi connectivity index (χ3n) is 13.5. The molecule has 19 heteroatoms. The van der Waals surface area contributed by atoms with Crippen molar-refractivity contribution >= 4 is 74.5 Å². The second kappa shape index (κ2) is 23.4. The van der Waals surface area contributed by atoms with Gasteiger partial charge in [-0.25, -0.2) is 12.8 Å². The summed E-state index contributed by atoms with van der Waals surface area (Å²) >= 11 is 7.95. The highest BCUT2D eigenvalue weighted by Crippen LogP contribution is 2.48. The first kappa shape index (κ1) is 53.9. The minimum absolute atomic E-state index is 0.0896. The fourth-order valence-corrected chi connectivity index (χ4v) is 14.0. The number of nitrogens with one attached hydrogen (secondary N) is 2.